The number of nitrogens with zero attached hydrogens (tertiary/aromatic N) is 3. The van der Waals surface area contributed by atoms with Gasteiger partial charge in [0.25, 0.3) is 11.8 Å². The maximum atomic E-state index is 12.6. The Hall–Kier alpha value is -2.87. The van der Waals surface area contributed by atoms with E-state index in [-0.39, 0.29) is 11.8 Å². The van der Waals surface area contributed by atoms with Gasteiger partial charge in [0.2, 0.25) is 0 Å². The Kier molecular flexibility index (Phi) is 5.85. The van der Waals surface area contributed by atoms with Gasteiger partial charge in [-0.1, -0.05) is 0 Å². The number of furan rings is 1. The van der Waals surface area contributed by atoms with Crippen molar-refractivity contribution in [3.63, 3.8) is 0 Å². The van der Waals surface area contributed by atoms with Crippen LogP contribution in [0.25, 0.3) is 0 Å². The van der Waals surface area contributed by atoms with E-state index in [2.05, 4.69) is 10.3 Å². The third-order valence-corrected chi connectivity index (χ3v) is 4.21. The highest BCUT2D eigenvalue weighted by Gasteiger charge is 2.26. The van der Waals surface area contributed by atoms with Crippen molar-refractivity contribution in [3.8, 4) is 0 Å². The number of aromatic nitrogens is 1. The predicted octanol–water partition coefficient (Wildman–Crippen LogP) is 1.33. The van der Waals surface area contributed by atoms with Crippen molar-refractivity contribution < 1.29 is 18.7 Å². The Morgan fingerprint density at radius 3 is 2.46 bits per heavy atom. The summed E-state index contributed by atoms with van der Waals surface area (Å²) in [4.78, 5) is 32.5. The topological polar surface area (TPSA) is 87.9 Å². The average Bonchev–Trinajstić information content (AvgIpc) is 3.23. The summed E-state index contributed by atoms with van der Waals surface area (Å²) < 4.78 is 10.1. The van der Waals surface area contributed by atoms with E-state index in [0.717, 1.165) is 0 Å². The van der Waals surface area contributed by atoms with Gasteiger partial charge >= 0.3 is 0 Å². The summed E-state index contributed by atoms with van der Waals surface area (Å²) >= 11 is 0. The van der Waals surface area contributed by atoms with E-state index in [0.29, 0.717) is 56.5 Å². The van der Waals surface area contributed by atoms with Gasteiger partial charge in [0.1, 0.15) is 5.82 Å². The monoisotopic (exact) mass is 358 g/mol. The maximum absolute atomic E-state index is 12.6. The van der Waals surface area contributed by atoms with Crippen LogP contribution in [0.2, 0.25) is 0 Å². The molecule has 1 aliphatic heterocycles. The number of piperazine rings is 1. The lowest BCUT2D eigenvalue weighted by Gasteiger charge is -2.34. The molecule has 26 heavy (non-hydrogen) atoms. The molecule has 8 heteroatoms. The number of pyridine rings is 1. The largest absolute Gasteiger partial charge is 0.459 e. The fourth-order valence-corrected chi connectivity index (χ4v) is 2.76. The van der Waals surface area contributed by atoms with Gasteiger partial charge in [-0.2, -0.15) is 0 Å². The number of anilines is 1. The van der Waals surface area contributed by atoms with Gasteiger partial charge in [-0.25, -0.2) is 4.98 Å². The summed E-state index contributed by atoms with van der Waals surface area (Å²) in [7, 11) is 1.64. The summed E-state index contributed by atoms with van der Waals surface area (Å²) in [6, 6.07) is 6.87. The first-order chi connectivity index (χ1) is 12.7. The van der Waals surface area contributed by atoms with Crippen LogP contribution in [0.3, 0.4) is 0 Å². The molecule has 3 rings (SSSR count). The van der Waals surface area contributed by atoms with E-state index in [9.17, 15) is 9.59 Å². The minimum atomic E-state index is -0.143. The summed E-state index contributed by atoms with van der Waals surface area (Å²) in [5, 5.41) is 3.11. The molecule has 1 N–H and O–H groups in total. The van der Waals surface area contributed by atoms with E-state index in [4.69, 9.17) is 9.15 Å². The lowest BCUT2D eigenvalue weighted by molar-refractivity contribution is 0.0518. The van der Waals surface area contributed by atoms with Crippen LogP contribution < -0.4 is 5.32 Å². The highest BCUT2D eigenvalue weighted by atomic mass is 16.5. The maximum Gasteiger partial charge on any atom is 0.289 e. The third-order valence-electron chi connectivity index (χ3n) is 4.21. The van der Waals surface area contributed by atoms with Crippen molar-refractivity contribution in [1.82, 2.24) is 14.8 Å². The van der Waals surface area contributed by atoms with Crippen molar-refractivity contribution >= 4 is 17.6 Å². The van der Waals surface area contributed by atoms with Crippen LogP contribution in [0.15, 0.2) is 41.1 Å². The standard InChI is InChI=1S/C18H22N4O4/c1-25-12-6-19-16-5-4-14(13-20-16)17(23)21-7-9-22(10-8-21)18(24)15-3-2-11-26-15/h2-5,11,13H,6-10,12H2,1H3,(H,19,20). The smallest absolute Gasteiger partial charge is 0.289 e. The molecule has 2 amide bonds. The zero-order valence-electron chi connectivity index (χ0n) is 14.7. The summed E-state index contributed by atoms with van der Waals surface area (Å²) in [6.45, 7) is 3.18. The summed E-state index contributed by atoms with van der Waals surface area (Å²) in [5.41, 5.74) is 0.535. The quantitative estimate of drug-likeness (QED) is 0.784. The Bertz CT molecular complexity index is 722. The second-order valence-electron chi connectivity index (χ2n) is 5.91. The molecule has 0 spiro atoms. The number of amides is 2. The van der Waals surface area contributed by atoms with Gasteiger partial charge < -0.3 is 24.3 Å². The lowest BCUT2D eigenvalue weighted by atomic mass is 10.2. The molecule has 0 radical (unpaired) electrons. The normalized spacial score (nSPS) is 14.3. The van der Waals surface area contributed by atoms with Crippen molar-refractivity contribution in [3.05, 3.63) is 48.0 Å². The van der Waals surface area contributed by atoms with Gasteiger partial charge in [0, 0.05) is 46.0 Å². The molecule has 8 nitrogen and oxygen atoms in total. The number of nitrogens with one attached hydrogen (secondary N) is 1. The Labute approximate surface area is 151 Å². The van der Waals surface area contributed by atoms with Crippen LogP contribution >= 0.6 is 0 Å². The van der Waals surface area contributed by atoms with Crippen molar-refractivity contribution in [2.24, 2.45) is 0 Å². The molecule has 2 aromatic heterocycles. The molecule has 0 atom stereocenters. The molecule has 0 unspecified atom stereocenters. The molecule has 0 bridgehead atoms. The summed E-state index contributed by atoms with van der Waals surface area (Å²) in [5.74, 6) is 0.805. The Morgan fingerprint density at radius 2 is 1.88 bits per heavy atom. The number of methoxy groups -OCH3 is 1. The molecule has 1 fully saturated rings. The van der Waals surface area contributed by atoms with Crippen LogP contribution in [-0.4, -0.2) is 73.0 Å². The van der Waals surface area contributed by atoms with Gasteiger partial charge in [-0.15, -0.1) is 0 Å². The number of carbonyl (C=O) groups is 2. The molecule has 1 aliphatic rings. The molecular formula is C18H22N4O4. The van der Waals surface area contributed by atoms with E-state index < -0.39 is 0 Å². The van der Waals surface area contributed by atoms with Crippen molar-refractivity contribution in [1.29, 1.82) is 0 Å². The molecule has 2 aromatic rings. The number of rotatable bonds is 6. The van der Waals surface area contributed by atoms with Crippen molar-refractivity contribution in [2.75, 3.05) is 51.8 Å². The van der Waals surface area contributed by atoms with E-state index >= 15 is 0 Å². The molecule has 1 saturated heterocycles. The molecule has 0 saturated carbocycles. The highest BCUT2D eigenvalue weighted by molar-refractivity contribution is 5.95. The minimum absolute atomic E-state index is 0.0777. The minimum Gasteiger partial charge on any atom is -0.459 e. The predicted molar refractivity (Wildman–Crippen MR) is 95.1 cm³/mol. The highest BCUT2D eigenvalue weighted by Crippen LogP contribution is 2.13. The molecule has 138 valence electrons. The molecule has 3 heterocycles. The van der Waals surface area contributed by atoms with Crippen LogP contribution in [-0.2, 0) is 4.74 Å². The second kappa shape index (κ2) is 8.48. The molecule has 0 aromatic carbocycles. The number of ether oxygens (including phenoxy) is 1. The van der Waals surface area contributed by atoms with Crippen LogP contribution in [0, 0.1) is 0 Å². The number of carbonyl (C=O) groups excluding carboxylic acids is 2. The first kappa shape index (κ1) is 17.9. The van der Waals surface area contributed by atoms with E-state index in [1.807, 2.05) is 0 Å². The zero-order chi connectivity index (χ0) is 18.4. The van der Waals surface area contributed by atoms with Gasteiger partial charge in [0.15, 0.2) is 5.76 Å². The summed E-state index contributed by atoms with van der Waals surface area (Å²) in [6.07, 6.45) is 3.05. The van der Waals surface area contributed by atoms with E-state index in [1.165, 1.54) is 6.26 Å². The Balaban J connectivity index is 1.52. The van der Waals surface area contributed by atoms with Crippen LogP contribution in [0.4, 0.5) is 5.82 Å². The van der Waals surface area contributed by atoms with E-state index in [1.54, 1.807) is 47.4 Å². The average molecular weight is 358 g/mol. The molecular weight excluding hydrogens is 336 g/mol. The lowest BCUT2D eigenvalue weighted by Crippen LogP contribution is -2.50. The Morgan fingerprint density at radius 1 is 1.15 bits per heavy atom. The number of hydrogen-bond acceptors (Lipinski definition) is 6. The first-order valence-electron chi connectivity index (χ1n) is 8.50. The van der Waals surface area contributed by atoms with Crippen molar-refractivity contribution in [2.45, 2.75) is 0 Å². The second-order valence-corrected chi connectivity index (χ2v) is 5.91. The van der Waals surface area contributed by atoms with Gasteiger partial charge in [-0.05, 0) is 24.3 Å². The SMILES string of the molecule is COCCNc1ccc(C(=O)N2CCN(C(=O)c3ccco3)CC2)cn1. The van der Waals surface area contributed by atoms with Gasteiger partial charge in [0.05, 0.1) is 18.4 Å². The zero-order valence-corrected chi connectivity index (χ0v) is 14.7. The molecule has 0 aliphatic carbocycles. The van der Waals surface area contributed by atoms with Gasteiger partial charge in [-0.3, -0.25) is 9.59 Å². The first-order valence-corrected chi connectivity index (χ1v) is 8.50. The number of hydrogen-bond donors (Lipinski definition) is 1. The third kappa shape index (κ3) is 4.20. The fraction of sp³-hybridized carbons (Fsp3) is 0.389. The fourth-order valence-electron chi connectivity index (χ4n) is 2.76. The van der Waals surface area contributed by atoms with Crippen LogP contribution in [0.5, 0.6) is 0 Å². The van der Waals surface area contributed by atoms with Crippen LogP contribution in [0.1, 0.15) is 20.9 Å².